The number of carbonyl (C=O) groups is 1. The molecule has 0 unspecified atom stereocenters. The van der Waals surface area contributed by atoms with Gasteiger partial charge in [0.25, 0.3) is 11.6 Å². The van der Waals surface area contributed by atoms with Gasteiger partial charge in [-0.2, -0.15) is 18.2 Å². The molecular formula is C17H22F3N5O. The number of hydrogen-bond acceptors (Lipinski definition) is 4. The molecule has 0 atom stereocenters. The Morgan fingerprint density at radius 3 is 2.46 bits per heavy atom. The van der Waals surface area contributed by atoms with E-state index in [4.69, 9.17) is 0 Å². The predicted molar refractivity (Wildman–Crippen MR) is 88.6 cm³/mol. The van der Waals surface area contributed by atoms with Crippen LogP contribution in [0.5, 0.6) is 0 Å². The smallest absolute Gasteiger partial charge is 0.343 e. The van der Waals surface area contributed by atoms with Gasteiger partial charge < -0.3 is 4.90 Å². The van der Waals surface area contributed by atoms with Crippen LogP contribution in [0.3, 0.4) is 0 Å². The number of carbonyl (C=O) groups excluding carboxylic acids is 1. The number of aromatic nitrogens is 4. The van der Waals surface area contributed by atoms with Crippen molar-refractivity contribution in [2.24, 2.45) is 5.92 Å². The maximum atomic E-state index is 12.8. The summed E-state index contributed by atoms with van der Waals surface area (Å²) in [5.74, 6) is -0.564. The molecule has 3 heterocycles. The lowest BCUT2D eigenvalue weighted by molar-refractivity contribution is -0.144. The van der Waals surface area contributed by atoms with Crippen LogP contribution < -0.4 is 0 Å². The van der Waals surface area contributed by atoms with E-state index < -0.39 is 12.0 Å². The van der Waals surface area contributed by atoms with E-state index in [0.717, 1.165) is 36.0 Å². The quantitative estimate of drug-likeness (QED) is 0.835. The Morgan fingerprint density at radius 2 is 1.85 bits per heavy atom. The van der Waals surface area contributed by atoms with E-state index in [0.29, 0.717) is 30.1 Å². The number of alkyl halides is 3. The van der Waals surface area contributed by atoms with Crippen molar-refractivity contribution in [1.82, 2.24) is 24.5 Å². The normalized spacial score (nSPS) is 16.5. The third-order valence-corrected chi connectivity index (χ3v) is 5.03. The van der Waals surface area contributed by atoms with Gasteiger partial charge in [0, 0.05) is 30.9 Å². The Morgan fingerprint density at radius 1 is 1.19 bits per heavy atom. The van der Waals surface area contributed by atoms with Crippen LogP contribution in [0.15, 0.2) is 0 Å². The van der Waals surface area contributed by atoms with Crippen molar-refractivity contribution in [3.05, 3.63) is 22.8 Å². The molecule has 0 bridgehead atoms. The van der Waals surface area contributed by atoms with Crippen LogP contribution >= 0.6 is 0 Å². The van der Waals surface area contributed by atoms with Crippen LogP contribution in [0.4, 0.5) is 13.2 Å². The molecule has 2 aromatic heterocycles. The van der Waals surface area contributed by atoms with Gasteiger partial charge in [0.1, 0.15) is 0 Å². The minimum atomic E-state index is -4.62. The van der Waals surface area contributed by atoms with E-state index in [1.54, 1.807) is 13.8 Å². The van der Waals surface area contributed by atoms with Gasteiger partial charge in [0.05, 0.1) is 0 Å². The average molecular weight is 369 g/mol. The fraction of sp³-hybridized carbons (Fsp3) is 0.647. The number of amides is 1. The highest BCUT2D eigenvalue weighted by Crippen LogP contribution is 2.27. The third kappa shape index (κ3) is 3.66. The minimum absolute atomic E-state index is 0.0744. The van der Waals surface area contributed by atoms with Crippen LogP contribution in [0.25, 0.3) is 5.78 Å². The minimum Gasteiger partial charge on any atom is -0.343 e. The summed E-state index contributed by atoms with van der Waals surface area (Å²) < 4.78 is 39.6. The fourth-order valence-electron chi connectivity index (χ4n) is 3.34. The predicted octanol–water partition coefficient (Wildman–Crippen LogP) is 2.95. The molecule has 0 aliphatic carbocycles. The van der Waals surface area contributed by atoms with E-state index in [9.17, 15) is 18.0 Å². The van der Waals surface area contributed by atoms with E-state index in [-0.39, 0.29) is 11.7 Å². The van der Waals surface area contributed by atoms with Gasteiger partial charge in [0.2, 0.25) is 5.91 Å². The Labute approximate surface area is 149 Å². The highest BCUT2D eigenvalue weighted by Gasteiger charge is 2.37. The Kier molecular flexibility index (Phi) is 4.90. The maximum absolute atomic E-state index is 12.8. The molecule has 142 valence electrons. The summed E-state index contributed by atoms with van der Waals surface area (Å²) in [7, 11) is 0. The molecular weight excluding hydrogens is 347 g/mol. The fourth-order valence-corrected chi connectivity index (χ4v) is 3.34. The van der Waals surface area contributed by atoms with Gasteiger partial charge in [-0.3, -0.25) is 4.79 Å². The lowest BCUT2D eigenvalue weighted by atomic mass is 9.98. The lowest BCUT2D eigenvalue weighted by Gasteiger charge is -2.30. The molecule has 6 nitrogen and oxygen atoms in total. The van der Waals surface area contributed by atoms with Crippen LogP contribution in [-0.4, -0.2) is 43.5 Å². The van der Waals surface area contributed by atoms with E-state index >= 15 is 0 Å². The molecule has 0 aromatic carbocycles. The molecule has 26 heavy (non-hydrogen) atoms. The second-order valence-electron chi connectivity index (χ2n) is 6.97. The molecule has 0 N–H and O–H groups in total. The Hall–Kier alpha value is -2.19. The van der Waals surface area contributed by atoms with Crippen molar-refractivity contribution in [3.8, 4) is 0 Å². The van der Waals surface area contributed by atoms with Crippen molar-refractivity contribution >= 4 is 11.7 Å². The Balaban J connectivity index is 1.78. The molecule has 1 aliphatic rings. The highest BCUT2D eigenvalue weighted by atomic mass is 19.4. The van der Waals surface area contributed by atoms with Gasteiger partial charge in [-0.15, -0.1) is 5.10 Å². The first kappa shape index (κ1) is 18.6. The summed E-state index contributed by atoms with van der Waals surface area (Å²) >= 11 is 0. The number of hydrogen-bond donors (Lipinski definition) is 0. The van der Waals surface area contributed by atoms with Gasteiger partial charge in [0.15, 0.2) is 0 Å². The first-order chi connectivity index (χ1) is 12.2. The number of rotatable bonds is 3. The molecule has 3 rings (SSSR count). The van der Waals surface area contributed by atoms with Gasteiger partial charge >= 0.3 is 6.18 Å². The van der Waals surface area contributed by atoms with Crippen LogP contribution in [0.1, 0.15) is 49.0 Å². The molecule has 0 radical (unpaired) electrons. The Bertz CT molecular complexity index is 822. The van der Waals surface area contributed by atoms with Gasteiger partial charge in [-0.05, 0) is 44.6 Å². The first-order valence-corrected chi connectivity index (χ1v) is 8.74. The molecule has 0 spiro atoms. The van der Waals surface area contributed by atoms with Crippen LogP contribution in [0.2, 0.25) is 0 Å². The summed E-state index contributed by atoms with van der Waals surface area (Å²) in [6.45, 7) is 7.12. The maximum Gasteiger partial charge on any atom is 0.453 e. The second kappa shape index (κ2) is 6.85. The largest absolute Gasteiger partial charge is 0.453 e. The van der Waals surface area contributed by atoms with Gasteiger partial charge in [-0.25, -0.2) is 9.50 Å². The zero-order chi connectivity index (χ0) is 19.1. The zero-order valence-corrected chi connectivity index (χ0v) is 15.1. The number of piperidine rings is 1. The third-order valence-electron chi connectivity index (χ3n) is 5.03. The zero-order valence-electron chi connectivity index (χ0n) is 15.1. The summed E-state index contributed by atoms with van der Waals surface area (Å²) in [4.78, 5) is 21.9. The number of likely N-dealkylation sites (tertiary alicyclic amines) is 1. The van der Waals surface area contributed by atoms with Crippen molar-refractivity contribution < 1.29 is 18.0 Å². The second-order valence-corrected chi connectivity index (χ2v) is 6.97. The van der Waals surface area contributed by atoms with E-state index in [2.05, 4.69) is 22.0 Å². The van der Waals surface area contributed by atoms with E-state index in [1.807, 2.05) is 4.90 Å². The van der Waals surface area contributed by atoms with Crippen molar-refractivity contribution in [2.75, 3.05) is 13.1 Å². The summed E-state index contributed by atoms with van der Waals surface area (Å²) in [5, 5.41) is 3.53. The van der Waals surface area contributed by atoms with Crippen LogP contribution in [0, 0.1) is 19.8 Å². The molecule has 1 fully saturated rings. The molecule has 1 saturated heterocycles. The number of halogens is 3. The number of fused-ring (bicyclic) bond motifs is 1. The van der Waals surface area contributed by atoms with E-state index in [1.165, 1.54) is 0 Å². The van der Waals surface area contributed by atoms with Crippen molar-refractivity contribution in [1.29, 1.82) is 0 Å². The topological polar surface area (TPSA) is 63.4 Å². The summed E-state index contributed by atoms with van der Waals surface area (Å²) in [5.41, 5.74) is 1.86. The molecule has 1 aliphatic heterocycles. The number of nitrogens with zero attached hydrogens (tertiary/aromatic N) is 5. The average Bonchev–Trinajstić information content (AvgIpc) is 2.99. The van der Waals surface area contributed by atoms with Crippen molar-refractivity contribution in [3.63, 3.8) is 0 Å². The first-order valence-electron chi connectivity index (χ1n) is 8.74. The summed E-state index contributed by atoms with van der Waals surface area (Å²) in [6, 6.07) is 0. The molecule has 9 heteroatoms. The SMILES string of the molecule is Cc1nc2nc(C(F)(F)F)nn2c(C)c1CCC(=O)N1CCC(C)CC1. The van der Waals surface area contributed by atoms with Crippen molar-refractivity contribution in [2.45, 2.75) is 52.6 Å². The van der Waals surface area contributed by atoms with Gasteiger partial charge in [-0.1, -0.05) is 6.92 Å². The monoisotopic (exact) mass is 369 g/mol. The molecule has 1 amide bonds. The van der Waals surface area contributed by atoms with Crippen LogP contribution in [-0.2, 0) is 17.4 Å². The lowest BCUT2D eigenvalue weighted by Crippen LogP contribution is -2.38. The summed E-state index contributed by atoms with van der Waals surface area (Å²) in [6.07, 6.45) is -1.86. The molecule has 2 aromatic rings. The number of aryl methyl sites for hydroxylation is 2. The highest BCUT2D eigenvalue weighted by molar-refractivity contribution is 5.76. The molecule has 0 saturated carbocycles. The standard InChI is InChI=1S/C17H22F3N5O/c1-10-6-8-24(9-7-10)14(26)5-4-13-11(2)21-16-22-15(17(18,19)20)23-25(16)12(13)3/h10H,4-9H2,1-3H3.